The molecule has 0 fully saturated rings. The molecule has 3 atom stereocenters. The summed E-state index contributed by atoms with van der Waals surface area (Å²) in [5, 5.41) is -0.742. The van der Waals surface area contributed by atoms with Gasteiger partial charge in [0.1, 0.15) is 0 Å². The van der Waals surface area contributed by atoms with Gasteiger partial charge >= 0.3 is 0 Å². The minimum absolute atomic E-state index is 0.0893. The zero-order chi connectivity index (χ0) is 33.3. The van der Waals surface area contributed by atoms with Gasteiger partial charge in [-0.1, -0.05) is 72.1 Å². The largest absolute Gasteiger partial charge is 0.414 e. The quantitative estimate of drug-likeness (QED) is 0.107. The van der Waals surface area contributed by atoms with Crippen molar-refractivity contribution in [2.45, 2.75) is 173 Å². The van der Waals surface area contributed by atoms with E-state index in [0.29, 0.717) is 6.54 Å². The van der Waals surface area contributed by atoms with Crippen LogP contribution < -0.4 is 11.5 Å². The summed E-state index contributed by atoms with van der Waals surface area (Å²) in [6.45, 7) is 43.3. The van der Waals surface area contributed by atoms with Crippen LogP contribution in [0, 0.1) is 0 Å². The minimum atomic E-state index is -2.87. The Bertz CT molecular complexity index is 841. The normalized spacial score (nSPS) is 18.2. The first-order chi connectivity index (χ1) is 19.2. The summed E-state index contributed by atoms with van der Waals surface area (Å²) in [6, 6.07) is 2.22. The van der Waals surface area contributed by atoms with Crippen LogP contribution in [0.2, 0.25) is 56.4 Å². The van der Waals surface area contributed by atoms with Crippen LogP contribution in [0.5, 0.6) is 0 Å². The molecule has 0 aliphatic heterocycles. The van der Waals surface area contributed by atoms with E-state index in [1.54, 1.807) is 0 Å². The van der Waals surface area contributed by atoms with Crippen molar-refractivity contribution < 1.29 is 13.3 Å². The molecular formula is C33H74N2O3Si4. The summed E-state index contributed by atoms with van der Waals surface area (Å²) in [5.41, 5.74) is 15.6. The molecule has 0 aromatic rings. The fourth-order valence-corrected chi connectivity index (χ4v) is 23.9. The molecule has 0 amide bonds. The topological polar surface area (TPSA) is 79.7 Å². The molecule has 250 valence electrons. The molecule has 0 aromatic heterocycles. The zero-order valence-corrected chi connectivity index (χ0v) is 34.7. The fraction of sp³-hybridized carbons (Fsp3) is 0.879. The Kier molecular flexibility index (Phi) is 16.2. The highest BCUT2D eigenvalue weighted by molar-refractivity contribution is 6.87. The van der Waals surface area contributed by atoms with E-state index < -0.39 is 43.9 Å². The molecule has 0 spiro atoms. The minimum Gasteiger partial charge on any atom is -0.414 e. The van der Waals surface area contributed by atoms with Gasteiger partial charge in [0.15, 0.2) is 16.6 Å². The van der Waals surface area contributed by atoms with Crippen molar-refractivity contribution in [2.75, 3.05) is 13.1 Å². The number of rotatable bonds is 23. The Morgan fingerprint density at radius 2 is 1.12 bits per heavy atom. The van der Waals surface area contributed by atoms with Gasteiger partial charge in [0.05, 0.1) is 18.9 Å². The van der Waals surface area contributed by atoms with E-state index in [-0.39, 0.29) is 10.3 Å². The lowest BCUT2D eigenvalue weighted by atomic mass is 9.85. The average molecular weight is 659 g/mol. The smallest absolute Gasteiger partial charge is 0.271 e. The lowest BCUT2D eigenvalue weighted by Gasteiger charge is -2.60. The van der Waals surface area contributed by atoms with E-state index in [1.807, 2.05) is 0 Å². The first kappa shape index (κ1) is 42.1. The zero-order valence-electron chi connectivity index (χ0n) is 30.7. The summed E-state index contributed by atoms with van der Waals surface area (Å²) in [7, 11) is -9.06. The Balaban J connectivity index is 7.04. The predicted molar refractivity (Wildman–Crippen MR) is 198 cm³/mol. The molecule has 0 aromatic carbocycles. The highest BCUT2D eigenvalue weighted by Crippen LogP contribution is 2.58. The lowest BCUT2D eigenvalue weighted by Crippen LogP contribution is -2.69. The molecule has 9 heteroatoms. The maximum Gasteiger partial charge on any atom is 0.271 e. The van der Waals surface area contributed by atoms with E-state index >= 15 is 0 Å². The molecule has 5 nitrogen and oxygen atoms in total. The number of hydrogen-bond acceptors (Lipinski definition) is 5. The maximum absolute atomic E-state index is 7.72. The van der Waals surface area contributed by atoms with Gasteiger partial charge < -0.3 is 24.7 Å². The van der Waals surface area contributed by atoms with Crippen LogP contribution in [0.25, 0.3) is 0 Å². The summed E-state index contributed by atoms with van der Waals surface area (Å²) >= 11 is 0. The Labute approximate surface area is 267 Å². The van der Waals surface area contributed by atoms with Gasteiger partial charge in [0.25, 0.3) is 8.32 Å². The molecule has 0 saturated heterocycles. The molecule has 0 bridgehead atoms. The van der Waals surface area contributed by atoms with Crippen LogP contribution in [-0.2, 0) is 13.3 Å². The van der Waals surface area contributed by atoms with Gasteiger partial charge in [0, 0.05) is 10.3 Å². The first-order valence-electron chi connectivity index (χ1n) is 16.9. The van der Waals surface area contributed by atoms with Crippen molar-refractivity contribution in [3.05, 3.63) is 24.6 Å². The third-order valence-corrected chi connectivity index (χ3v) is 28.1. The van der Waals surface area contributed by atoms with E-state index in [2.05, 4.69) is 119 Å². The van der Waals surface area contributed by atoms with Crippen molar-refractivity contribution in [1.29, 1.82) is 0 Å². The van der Waals surface area contributed by atoms with E-state index in [1.165, 1.54) is 6.04 Å². The summed E-state index contributed by atoms with van der Waals surface area (Å²) in [5.74, 6) is 0. The van der Waals surface area contributed by atoms with E-state index in [9.17, 15) is 0 Å². The maximum atomic E-state index is 7.72. The second-order valence-corrected chi connectivity index (χ2v) is 32.4. The molecule has 0 aliphatic rings. The van der Waals surface area contributed by atoms with Crippen LogP contribution in [0.15, 0.2) is 24.6 Å². The average Bonchev–Trinajstić information content (AvgIpc) is 2.95. The van der Waals surface area contributed by atoms with E-state index in [4.69, 9.17) is 24.7 Å². The summed E-state index contributed by atoms with van der Waals surface area (Å²) < 4.78 is 22.6. The Morgan fingerprint density at radius 1 is 0.643 bits per heavy atom. The van der Waals surface area contributed by atoms with Crippen molar-refractivity contribution in [3.8, 4) is 0 Å². The van der Waals surface area contributed by atoms with Crippen LogP contribution in [0.1, 0.15) is 100 Å². The Morgan fingerprint density at radius 3 is 1.48 bits per heavy atom. The predicted octanol–water partition coefficient (Wildman–Crippen LogP) is 9.39. The van der Waals surface area contributed by atoms with E-state index in [0.717, 1.165) is 57.5 Å². The first-order valence-corrected chi connectivity index (χ1v) is 28.2. The van der Waals surface area contributed by atoms with Crippen LogP contribution in [0.4, 0.5) is 0 Å². The lowest BCUT2D eigenvalue weighted by molar-refractivity contribution is -0.0101. The molecule has 1 unspecified atom stereocenters. The van der Waals surface area contributed by atoms with Gasteiger partial charge in [0.2, 0.25) is 0 Å². The Hall–Kier alpha value is 0.148. The fourth-order valence-electron chi connectivity index (χ4n) is 7.57. The molecule has 4 N–H and O–H groups in total. The van der Waals surface area contributed by atoms with Gasteiger partial charge in [-0.2, -0.15) is 0 Å². The van der Waals surface area contributed by atoms with Crippen molar-refractivity contribution >= 4 is 33.0 Å². The second kappa shape index (κ2) is 16.1. The van der Waals surface area contributed by atoms with Crippen molar-refractivity contribution in [3.63, 3.8) is 0 Å². The third-order valence-electron chi connectivity index (χ3n) is 11.7. The van der Waals surface area contributed by atoms with Gasteiger partial charge in [-0.3, -0.25) is 0 Å². The van der Waals surface area contributed by atoms with Gasteiger partial charge in [-0.05, 0) is 104 Å². The molecule has 0 aliphatic carbocycles. The van der Waals surface area contributed by atoms with Crippen molar-refractivity contribution in [1.82, 2.24) is 0 Å². The van der Waals surface area contributed by atoms with Gasteiger partial charge in [-0.15, -0.1) is 13.2 Å². The molecule has 42 heavy (non-hydrogen) atoms. The molecular weight excluding hydrogens is 585 g/mol. The molecule has 0 saturated carbocycles. The van der Waals surface area contributed by atoms with Crippen molar-refractivity contribution in [2.24, 2.45) is 11.5 Å². The molecule has 0 heterocycles. The second-order valence-electron chi connectivity index (χ2n) is 15.0. The summed E-state index contributed by atoms with van der Waals surface area (Å²) in [6.07, 6.45) is 6.82. The van der Waals surface area contributed by atoms with Gasteiger partial charge in [-0.25, -0.2) is 0 Å². The number of nitrogens with two attached hydrogens (primary N) is 2. The molecule has 0 radical (unpaired) electrons. The standard InChI is InChI=1S/C33H74N2O3Si4/c1-17-30(8,36-42(22-6,23-7)32(10,19-3)37-40(13,14)29-25-27-35)31(9,18-2)41(15,16)38-33(20-4,21-5)39(11,12)28-24-26-34/h22-23H,6-7,17-21,24-29,34-35H2,1-5,8-16H3/t30-,31-,32?/m1/s1. The van der Waals surface area contributed by atoms with Crippen LogP contribution >= 0.6 is 0 Å². The SMILES string of the molecule is C=C[Si](C=C)(O[C@](C)(CC)[C@@](C)(CC)[Si](C)(C)OC(CC)(CC)[Si](C)(C)CCCN)C(C)(CC)O[Si](C)(C)CCCN. The van der Waals surface area contributed by atoms with Crippen LogP contribution in [0.3, 0.4) is 0 Å². The monoisotopic (exact) mass is 658 g/mol. The number of hydrogen-bond donors (Lipinski definition) is 2. The van der Waals surface area contributed by atoms with Crippen LogP contribution in [-0.4, -0.2) is 62.2 Å². The summed E-state index contributed by atoms with van der Waals surface area (Å²) in [4.78, 5) is 0. The highest BCUT2D eigenvalue weighted by Gasteiger charge is 2.63. The third kappa shape index (κ3) is 8.49. The highest BCUT2D eigenvalue weighted by atomic mass is 28.4. The molecule has 0 rings (SSSR count).